The summed E-state index contributed by atoms with van der Waals surface area (Å²) < 4.78 is 38.1. The number of aromatic nitrogens is 2. The van der Waals surface area contributed by atoms with Gasteiger partial charge in [0.2, 0.25) is 0 Å². The van der Waals surface area contributed by atoms with Gasteiger partial charge in [0.05, 0.1) is 6.04 Å². The molecule has 0 spiro atoms. The fourth-order valence-electron chi connectivity index (χ4n) is 1.31. The lowest BCUT2D eigenvalue weighted by molar-refractivity contribution is -0.144. The SMILES string of the molecule is O=C(O)c1cc(C(F)(F)F)n(C2CC2)n1. The van der Waals surface area contributed by atoms with Gasteiger partial charge in [0.15, 0.2) is 5.69 Å². The third-order valence-corrected chi connectivity index (χ3v) is 2.14. The summed E-state index contributed by atoms with van der Waals surface area (Å²) in [6.07, 6.45) is -3.32. The minimum absolute atomic E-state index is 0.297. The fourth-order valence-corrected chi connectivity index (χ4v) is 1.31. The average Bonchev–Trinajstić information content (AvgIpc) is 2.81. The Bertz CT molecular complexity index is 407. The fraction of sp³-hybridized carbons (Fsp3) is 0.500. The predicted octanol–water partition coefficient (Wildman–Crippen LogP) is 1.93. The van der Waals surface area contributed by atoms with Crippen LogP contribution in [0.25, 0.3) is 0 Å². The second-order valence-corrected chi connectivity index (χ2v) is 3.39. The van der Waals surface area contributed by atoms with E-state index in [1.165, 1.54) is 0 Å². The van der Waals surface area contributed by atoms with Gasteiger partial charge in [-0.1, -0.05) is 0 Å². The Balaban J connectivity index is 2.46. The Morgan fingerprint density at radius 1 is 1.53 bits per heavy atom. The lowest BCUT2D eigenvalue weighted by Crippen LogP contribution is -2.13. The van der Waals surface area contributed by atoms with Gasteiger partial charge in [-0.25, -0.2) is 4.79 Å². The minimum Gasteiger partial charge on any atom is -0.476 e. The zero-order chi connectivity index (χ0) is 11.2. The van der Waals surface area contributed by atoms with E-state index in [4.69, 9.17) is 5.11 Å². The van der Waals surface area contributed by atoms with Crippen LogP contribution in [0.5, 0.6) is 0 Å². The second-order valence-electron chi connectivity index (χ2n) is 3.39. The van der Waals surface area contributed by atoms with Gasteiger partial charge < -0.3 is 5.11 Å². The summed E-state index contributed by atoms with van der Waals surface area (Å²) in [4.78, 5) is 10.5. The van der Waals surface area contributed by atoms with E-state index < -0.39 is 23.5 Å². The van der Waals surface area contributed by atoms with Gasteiger partial charge in [0, 0.05) is 6.07 Å². The van der Waals surface area contributed by atoms with Gasteiger partial charge in [-0.3, -0.25) is 4.68 Å². The monoisotopic (exact) mass is 220 g/mol. The molecule has 2 rings (SSSR count). The van der Waals surface area contributed by atoms with E-state index in [1.807, 2.05) is 0 Å². The molecular formula is C8H7F3N2O2. The molecule has 1 aliphatic rings. The Morgan fingerprint density at radius 3 is 2.53 bits per heavy atom. The maximum atomic E-state index is 12.5. The first-order valence-corrected chi connectivity index (χ1v) is 4.29. The molecule has 0 unspecified atom stereocenters. The Labute approximate surface area is 82.3 Å². The Kier molecular flexibility index (Phi) is 1.99. The molecule has 1 heterocycles. The second kappa shape index (κ2) is 2.98. The smallest absolute Gasteiger partial charge is 0.433 e. The molecule has 0 atom stereocenters. The van der Waals surface area contributed by atoms with Crippen LogP contribution in [-0.4, -0.2) is 20.9 Å². The number of nitrogens with zero attached hydrogens (tertiary/aromatic N) is 2. The first kappa shape index (κ1) is 10.0. The number of alkyl halides is 3. The normalized spacial score (nSPS) is 16.7. The lowest BCUT2D eigenvalue weighted by Gasteiger charge is -2.08. The first-order chi connectivity index (χ1) is 6.89. The third-order valence-electron chi connectivity index (χ3n) is 2.14. The molecule has 0 saturated heterocycles. The van der Waals surface area contributed by atoms with Crippen molar-refractivity contribution in [3.05, 3.63) is 17.5 Å². The van der Waals surface area contributed by atoms with E-state index >= 15 is 0 Å². The number of rotatable bonds is 2. The van der Waals surface area contributed by atoms with E-state index in [0.717, 1.165) is 4.68 Å². The number of carbonyl (C=O) groups is 1. The standard InChI is InChI=1S/C8H7F3N2O2/c9-8(10,11)6-3-5(7(14)15)12-13(6)4-1-2-4/h3-4H,1-2H2,(H,14,15). The van der Waals surface area contributed by atoms with Crippen molar-refractivity contribution in [3.8, 4) is 0 Å². The molecule has 0 bridgehead atoms. The highest BCUT2D eigenvalue weighted by atomic mass is 19.4. The summed E-state index contributed by atoms with van der Waals surface area (Å²) in [5.41, 5.74) is -1.54. The van der Waals surface area contributed by atoms with Crippen molar-refractivity contribution in [1.29, 1.82) is 0 Å². The van der Waals surface area contributed by atoms with Gasteiger partial charge in [0.25, 0.3) is 0 Å². The maximum Gasteiger partial charge on any atom is 0.433 e. The lowest BCUT2D eigenvalue weighted by atomic mass is 10.3. The molecule has 1 saturated carbocycles. The topological polar surface area (TPSA) is 55.1 Å². The number of hydrogen-bond donors (Lipinski definition) is 1. The van der Waals surface area contributed by atoms with Crippen molar-refractivity contribution in [2.45, 2.75) is 25.1 Å². The number of carboxylic acids is 1. The van der Waals surface area contributed by atoms with Gasteiger partial charge >= 0.3 is 12.1 Å². The summed E-state index contributed by atoms with van der Waals surface area (Å²) in [7, 11) is 0. The van der Waals surface area contributed by atoms with Crippen LogP contribution < -0.4 is 0 Å². The zero-order valence-electron chi connectivity index (χ0n) is 7.45. The quantitative estimate of drug-likeness (QED) is 0.828. The van der Waals surface area contributed by atoms with Crippen molar-refractivity contribution in [2.75, 3.05) is 0 Å². The molecule has 15 heavy (non-hydrogen) atoms. The van der Waals surface area contributed by atoms with E-state index in [9.17, 15) is 18.0 Å². The summed E-state index contributed by atoms with van der Waals surface area (Å²) in [6, 6.07) is 0.274. The minimum atomic E-state index is -4.55. The largest absolute Gasteiger partial charge is 0.476 e. The van der Waals surface area contributed by atoms with E-state index in [0.29, 0.717) is 18.9 Å². The van der Waals surface area contributed by atoms with Crippen molar-refractivity contribution < 1.29 is 23.1 Å². The van der Waals surface area contributed by atoms with Crippen LogP contribution in [0.3, 0.4) is 0 Å². The highest BCUT2D eigenvalue weighted by Gasteiger charge is 2.40. The number of carboxylic acid groups (broad SMARTS) is 1. The van der Waals surface area contributed by atoms with Gasteiger partial charge in [0.1, 0.15) is 5.69 Å². The van der Waals surface area contributed by atoms with Crippen molar-refractivity contribution in [2.24, 2.45) is 0 Å². The van der Waals surface area contributed by atoms with E-state index in [2.05, 4.69) is 5.10 Å². The molecule has 82 valence electrons. The van der Waals surface area contributed by atoms with Crippen LogP contribution in [-0.2, 0) is 6.18 Å². The highest BCUT2D eigenvalue weighted by Crippen LogP contribution is 2.40. The average molecular weight is 220 g/mol. The molecule has 0 amide bonds. The third kappa shape index (κ3) is 1.81. The molecule has 1 aromatic heterocycles. The van der Waals surface area contributed by atoms with Crippen molar-refractivity contribution in [1.82, 2.24) is 9.78 Å². The Hall–Kier alpha value is -1.53. The van der Waals surface area contributed by atoms with Crippen LogP contribution in [0.15, 0.2) is 6.07 Å². The van der Waals surface area contributed by atoms with Crippen LogP contribution in [0.4, 0.5) is 13.2 Å². The maximum absolute atomic E-state index is 12.5. The molecule has 0 aromatic carbocycles. The van der Waals surface area contributed by atoms with E-state index in [-0.39, 0.29) is 6.04 Å². The van der Waals surface area contributed by atoms with Crippen LogP contribution in [0.2, 0.25) is 0 Å². The molecule has 0 aliphatic heterocycles. The van der Waals surface area contributed by atoms with Gasteiger partial charge in [-0.15, -0.1) is 0 Å². The molecule has 7 heteroatoms. The molecule has 1 aliphatic carbocycles. The summed E-state index contributed by atoms with van der Waals surface area (Å²) in [6.45, 7) is 0. The molecule has 1 aromatic rings. The highest BCUT2D eigenvalue weighted by molar-refractivity contribution is 5.85. The van der Waals surface area contributed by atoms with Crippen molar-refractivity contribution >= 4 is 5.97 Å². The predicted molar refractivity (Wildman–Crippen MR) is 42.5 cm³/mol. The zero-order valence-corrected chi connectivity index (χ0v) is 7.45. The summed E-state index contributed by atoms with van der Waals surface area (Å²) in [5.74, 6) is -1.44. The van der Waals surface area contributed by atoms with Gasteiger partial charge in [-0.05, 0) is 12.8 Å². The van der Waals surface area contributed by atoms with Crippen molar-refractivity contribution in [3.63, 3.8) is 0 Å². The number of hydrogen-bond acceptors (Lipinski definition) is 2. The summed E-state index contributed by atoms with van der Waals surface area (Å²) >= 11 is 0. The first-order valence-electron chi connectivity index (χ1n) is 4.29. The summed E-state index contributed by atoms with van der Waals surface area (Å²) in [5, 5.41) is 12.0. The Morgan fingerprint density at radius 2 is 2.13 bits per heavy atom. The molecule has 4 nitrogen and oxygen atoms in total. The van der Waals surface area contributed by atoms with Crippen LogP contribution >= 0.6 is 0 Å². The molecule has 1 fully saturated rings. The molecular weight excluding hydrogens is 213 g/mol. The van der Waals surface area contributed by atoms with Crippen LogP contribution in [0.1, 0.15) is 35.1 Å². The number of halogens is 3. The molecule has 1 N–H and O–H groups in total. The van der Waals surface area contributed by atoms with Crippen LogP contribution in [0, 0.1) is 0 Å². The molecule has 0 radical (unpaired) electrons. The van der Waals surface area contributed by atoms with E-state index in [1.54, 1.807) is 0 Å². The number of aromatic carboxylic acids is 1. The van der Waals surface area contributed by atoms with Gasteiger partial charge in [-0.2, -0.15) is 18.3 Å².